The number of amides is 1. The van der Waals surface area contributed by atoms with Crippen molar-refractivity contribution in [1.29, 1.82) is 0 Å². The highest BCUT2D eigenvalue weighted by molar-refractivity contribution is 6.05. The van der Waals surface area contributed by atoms with Gasteiger partial charge in [0, 0.05) is 12.6 Å². The third-order valence-electron chi connectivity index (χ3n) is 3.95. The van der Waals surface area contributed by atoms with Gasteiger partial charge in [-0.05, 0) is 60.7 Å². The molecule has 0 atom stereocenters. The van der Waals surface area contributed by atoms with Gasteiger partial charge in [0.05, 0.1) is 16.9 Å². The van der Waals surface area contributed by atoms with E-state index in [0.29, 0.717) is 22.7 Å². The Bertz CT molecular complexity index is 988. The lowest BCUT2D eigenvalue weighted by atomic mass is 10.2. The number of hydroxylamine groups is 1. The first-order chi connectivity index (χ1) is 13.4. The first kappa shape index (κ1) is 18.9. The van der Waals surface area contributed by atoms with Gasteiger partial charge in [0.15, 0.2) is 5.75 Å². The van der Waals surface area contributed by atoms with Crippen molar-refractivity contribution < 1.29 is 23.9 Å². The number of anilines is 2. The van der Waals surface area contributed by atoms with E-state index in [1.807, 2.05) is 0 Å². The summed E-state index contributed by atoms with van der Waals surface area (Å²) >= 11 is 0. The summed E-state index contributed by atoms with van der Waals surface area (Å²) in [6.07, 6.45) is 0. The lowest BCUT2D eigenvalue weighted by molar-refractivity contribution is 0.0696. The minimum absolute atomic E-state index is 0.170. The molecule has 28 heavy (non-hydrogen) atoms. The van der Waals surface area contributed by atoms with Crippen LogP contribution in [0.4, 0.5) is 15.8 Å². The van der Waals surface area contributed by atoms with Gasteiger partial charge >= 0.3 is 5.97 Å². The van der Waals surface area contributed by atoms with Crippen LogP contribution in [0.2, 0.25) is 0 Å². The number of para-hydroxylation sites is 2. The summed E-state index contributed by atoms with van der Waals surface area (Å²) < 4.78 is 13.0. The molecule has 0 aliphatic rings. The monoisotopic (exact) mass is 380 g/mol. The fourth-order valence-corrected chi connectivity index (χ4v) is 2.46. The Labute approximate surface area is 160 Å². The summed E-state index contributed by atoms with van der Waals surface area (Å²) in [6, 6.07) is 18.2. The number of benzene rings is 3. The Morgan fingerprint density at radius 3 is 2.18 bits per heavy atom. The van der Waals surface area contributed by atoms with Crippen LogP contribution in [0.15, 0.2) is 72.8 Å². The van der Waals surface area contributed by atoms with E-state index in [-0.39, 0.29) is 5.56 Å². The minimum Gasteiger partial charge on any atom is -0.478 e. The molecule has 1 amide bonds. The van der Waals surface area contributed by atoms with E-state index < -0.39 is 17.7 Å². The molecule has 0 saturated heterocycles. The smallest absolute Gasteiger partial charge is 0.335 e. The van der Waals surface area contributed by atoms with E-state index in [0.717, 1.165) is 0 Å². The summed E-state index contributed by atoms with van der Waals surface area (Å²) in [6.45, 7) is 0. The highest BCUT2D eigenvalue weighted by Gasteiger charge is 2.13. The van der Waals surface area contributed by atoms with Crippen molar-refractivity contribution >= 4 is 23.3 Å². The minimum atomic E-state index is -1.01. The molecule has 3 aromatic carbocycles. The van der Waals surface area contributed by atoms with Gasteiger partial charge < -0.3 is 15.3 Å². The molecule has 0 aromatic heterocycles. The van der Waals surface area contributed by atoms with E-state index in [9.17, 15) is 14.0 Å². The third-order valence-corrected chi connectivity index (χ3v) is 3.95. The van der Waals surface area contributed by atoms with Crippen molar-refractivity contribution in [1.82, 2.24) is 0 Å². The molecule has 7 heteroatoms. The lowest BCUT2D eigenvalue weighted by Gasteiger charge is -2.21. The maximum atomic E-state index is 13.0. The topological polar surface area (TPSA) is 78.9 Å². The Balaban J connectivity index is 1.75. The Morgan fingerprint density at radius 1 is 0.929 bits per heavy atom. The predicted octanol–water partition coefficient (Wildman–Crippen LogP) is 4.21. The predicted molar refractivity (Wildman–Crippen MR) is 103 cm³/mol. The number of nitrogens with zero attached hydrogens (tertiary/aromatic N) is 1. The largest absolute Gasteiger partial charge is 0.478 e. The van der Waals surface area contributed by atoms with E-state index in [1.54, 1.807) is 43.4 Å². The molecular formula is C21H17FN2O4. The van der Waals surface area contributed by atoms with Crippen LogP contribution in [0.3, 0.4) is 0 Å². The SMILES string of the molecule is CN(Oc1ccccc1NC(=O)c1ccc(F)cc1)c1ccc(C(=O)O)cc1. The second-order valence-electron chi connectivity index (χ2n) is 5.90. The molecule has 0 radical (unpaired) electrons. The van der Waals surface area contributed by atoms with Gasteiger partial charge in [-0.3, -0.25) is 4.79 Å². The summed E-state index contributed by atoms with van der Waals surface area (Å²) in [5.41, 5.74) is 1.55. The molecule has 0 heterocycles. The van der Waals surface area contributed by atoms with Crippen LogP contribution in [-0.4, -0.2) is 24.0 Å². The van der Waals surface area contributed by atoms with Crippen LogP contribution in [0, 0.1) is 5.82 Å². The number of rotatable bonds is 6. The molecule has 0 bridgehead atoms. The molecule has 0 aliphatic carbocycles. The number of hydrogen-bond acceptors (Lipinski definition) is 4. The first-order valence-corrected chi connectivity index (χ1v) is 8.35. The van der Waals surface area contributed by atoms with Gasteiger partial charge in [-0.15, -0.1) is 0 Å². The van der Waals surface area contributed by atoms with E-state index in [1.165, 1.54) is 41.5 Å². The number of hydrogen-bond donors (Lipinski definition) is 2. The molecule has 0 fully saturated rings. The number of carbonyl (C=O) groups is 2. The molecule has 0 unspecified atom stereocenters. The maximum absolute atomic E-state index is 13.0. The average Bonchev–Trinajstić information content (AvgIpc) is 2.70. The van der Waals surface area contributed by atoms with Crippen molar-refractivity contribution in [3.63, 3.8) is 0 Å². The normalized spacial score (nSPS) is 10.2. The number of carbonyl (C=O) groups excluding carboxylic acids is 1. The first-order valence-electron chi connectivity index (χ1n) is 8.35. The molecule has 0 spiro atoms. The molecule has 142 valence electrons. The fraction of sp³-hybridized carbons (Fsp3) is 0.0476. The van der Waals surface area contributed by atoms with Gasteiger partial charge in [-0.2, -0.15) is 0 Å². The highest BCUT2D eigenvalue weighted by Crippen LogP contribution is 2.27. The highest BCUT2D eigenvalue weighted by atomic mass is 19.1. The van der Waals surface area contributed by atoms with Gasteiger partial charge in [-0.1, -0.05) is 12.1 Å². The summed E-state index contributed by atoms with van der Waals surface area (Å²) in [5, 5.41) is 13.2. The van der Waals surface area contributed by atoms with Gasteiger partial charge in [-0.25, -0.2) is 14.2 Å². The van der Waals surface area contributed by atoms with Crippen LogP contribution in [0.1, 0.15) is 20.7 Å². The van der Waals surface area contributed by atoms with Crippen molar-refractivity contribution in [3.05, 3.63) is 89.7 Å². The molecule has 0 saturated carbocycles. The number of halogens is 1. The van der Waals surface area contributed by atoms with E-state index in [2.05, 4.69) is 5.32 Å². The molecule has 6 nitrogen and oxygen atoms in total. The summed E-state index contributed by atoms with van der Waals surface area (Å²) in [5.74, 6) is -1.44. The molecular weight excluding hydrogens is 363 g/mol. The number of carboxylic acids is 1. The Kier molecular flexibility index (Phi) is 5.55. The van der Waals surface area contributed by atoms with Crippen LogP contribution < -0.4 is 15.2 Å². The summed E-state index contributed by atoms with van der Waals surface area (Å²) in [4.78, 5) is 29.1. The lowest BCUT2D eigenvalue weighted by Crippen LogP contribution is -2.23. The molecule has 0 aliphatic heterocycles. The van der Waals surface area contributed by atoms with Crippen LogP contribution in [-0.2, 0) is 0 Å². The van der Waals surface area contributed by atoms with Crippen LogP contribution >= 0.6 is 0 Å². The third kappa shape index (κ3) is 4.45. The zero-order chi connectivity index (χ0) is 20.1. The Hall–Kier alpha value is -3.87. The molecule has 3 aromatic rings. The average molecular weight is 380 g/mol. The van der Waals surface area contributed by atoms with Crippen molar-refractivity contribution in [2.75, 3.05) is 17.4 Å². The van der Waals surface area contributed by atoms with E-state index in [4.69, 9.17) is 9.94 Å². The van der Waals surface area contributed by atoms with Crippen LogP contribution in [0.25, 0.3) is 0 Å². The summed E-state index contributed by atoms with van der Waals surface area (Å²) in [7, 11) is 1.66. The van der Waals surface area contributed by atoms with E-state index >= 15 is 0 Å². The number of nitrogens with one attached hydrogen (secondary N) is 1. The standard InChI is InChI=1S/C21H17FN2O4/c1-24(17-12-8-15(9-13-17)21(26)27)28-19-5-3-2-4-18(19)23-20(25)14-6-10-16(22)11-7-14/h2-13H,1H3,(H,23,25)(H,26,27). The Morgan fingerprint density at radius 2 is 1.54 bits per heavy atom. The van der Waals surface area contributed by atoms with Crippen LogP contribution in [0.5, 0.6) is 5.75 Å². The quantitative estimate of drug-likeness (QED) is 0.627. The van der Waals surface area contributed by atoms with Crippen molar-refractivity contribution in [3.8, 4) is 5.75 Å². The fourth-order valence-electron chi connectivity index (χ4n) is 2.46. The van der Waals surface area contributed by atoms with Crippen molar-refractivity contribution in [2.24, 2.45) is 0 Å². The maximum Gasteiger partial charge on any atom is 0.335 e. The van der Waals surface area contributed by atoms with Gasteiger partial charge in [0.1, 0.15) is 5.82 Å². The van der Waals surface area contributed by atoms with Gasteiger partial charge in [0.25, 0.3) is 5.91 Å². The second-order valence-corrected chi connectivity index (χ2v) is 5.90. The number of carboxylic acid groups (broad SMARTS) is 1. The molecule has 2 N–H and O–H groups in total. The van der Waals surface area contributed by atoms with Crippen molar-refractivity contribution in [2.45, 2.75) is 0 Å². The zero-order valence-electron chi connectivity index (χ0n) is 14.9. The van der Waals surface area contributed by atoms with Gasteiger partial charge in [0.2, 0.25) is 0 Å². The number of aromatic carboxylic acids is 1. The zero-order valence-corrected chi connectivity index (χ0v) is 14.9. The second kappa shape index (κ2) is 8.22. The molecule has 3 rings (SSSR count).